The van der Waals surface area contributed by atoms with Crippen molar-refractivity contribution in [3.63, 3.8) is 0 Å². The van der Waals surface area contributed by atoms with Crippen molar-refractivity contribution in [2.45, 2.75) is 19.5 Å². The lowest BCUT2D eigenvalue weighted by molar-refractivity contribution is 0.0809. The van der Waals surface area contributed by atoms with Crippen LogP contribution in [0.5, 0.6) is 0 Å². The van der Waals surface area contributed by atoms with Crippen LogP contribution in [-0.4, -0.2) is 28.3 Å². The Morgan fingerprint density at radius 1 is 1.12 bits per heavy atom. The maximum atomic E-state index is 12.6. The van der Waals surface area contributed by atoms with Gasteiger partial charge in [-0.3, -0.25) is 14.3 Å². The van der Waals surface area contributed by atoms with Crippen LogP contribution in [0.2, 0.25) is 5.02 Å². The van der Waals surface area contributed by atoms with Crippen molar-refractivity contribution >= 4 is 28.5 Å². The van der Waals surface area contributed by atoms with E-state index in [4.69, 9.17) is 16.0 Å². The highest BCUT2D eigenvalue weighted by Gasteiger charge is 2.26. The van der Waals surface area contributed by atoms with Crippen LogP contribution in [0.15, 0.2) is 57.7 Å². The first kappa shape index (κ1) is 17.1. The Labute approximate surface area is 155 Å². The summed E-state index contributed by atoms with van der Waals surface area (Å²) in [5.41, 5.74) is 2.01. The molecule has 134 valence electrons. The highest BCUT2D eigenvalue weighted by Crippen LogP contribution is 2.23. The van der Waals surface area contributed by atoms with Gasteiger partial charge < -0.3 is 4.42 Å². The normalized spacial score (nSPS) is 16.2. The third kappa shape index (κ3) is 3.32. The lowest BCUT2D eigenvalue weighted by atomic mass is 9.89. The fourth-order valence-corrected chi connectivity index (χ4v) is 3.71. The van der Waals surface area contributed by atoms with Gasteiger partial charge in [0.25, 0.3) is 0 Å². The first-order chi connectivity index (χ1) is 12.6. The zero-order valence-electron chi connectivity index (χ0n) is 14.2. The molecule has 1 saturated heterocycles. The standard InChI is InChI=1S/C20H19ClN2O3/c21-16-6-7-17-18(12-16)26-20(25)23(17)13-22-10-8-15(9-11-22)19(24)14-4-2-1-3-5-14/h1-7,12,15H,8-11,13H2. The third-order valence-electron chi connectivity index (χ3n) is 4.99. The number of benzene rings is 2. The van der Waals surface area contributed by atoms with Crippen LogP contribution in [0.1, 0.15) is 23.2 Å². The van der Waals surface area contributed by atoms with Gasteiger partial charge >= 0.3 is 5.76 Å². The SMILES string of the molecule is O=C(c1ccccc1)C1CCN(Cn2c(=O)oc3cc(Cl)ccc32)CC1. The van der Waals surface area contributed by atoms with Gasteiger partial charge in [0.15, 0.2) is 11.4 Å². The van der Waals surface area contributed by atoms with Crippen LogP contribution in [0.4, 0.5) is 0 Å². The van der Waals surface area contributed by atoms with Gasteiger partial charge in [-0.25, -0.2) is 4.79 Å². The topological polar surface area (TPSA) is 55.5 Å². The molecule has 1 aliphatic heterocycles. The number of hydrogen-bond acceptors (Lipinski definition) is 4. The van der Waals surface area contributed by atoms with Gasteiger partial charge in [0.1, 0.15) is 0 Å². The van der Waals surface area contributed by atoms with E-state index in [9.17, 15) is 9.59 Å². The Balaban J connectivity index is 1.44. The minimum absolute atomic E-state index is 0.0465. The van der Waals surface area contributed by atoms with Crippen LogP contribution in [0.25, 0.3) is 11.1 Å². The van der Waals surface area contributed by atoms with Crippen LogP contribution in [0.3, 0.4) is 0 Å². The van der Waals surface area contributed by atoms with E-state index in [1.54, 1.807) is 22.8 Å². The molecule has 2 heterocycles. The summed E-state index contributed by atoms with van der Waals surface area (Å²) >= 11 is 5.95. The molecule has 6 heteroatoms. The molecule has 0 atom stereocenters. The van der Waals surface area contributed by atoms with Crippen molar-refractivity contribution in [2.24, 2.45) is 5.92 Å². The van der Waals surface area contributed by atoms with E-state index in [1.807, 2.05) is 30.3 Å². The number of piperidine rings is 1. The van der Waals surface area contributed by atoms with Crippen molar-refractivity contribution in [1.29, 1.82) is 0 Å². The lowest BCUT2D eigenvalue weighted by Crippen LogP contribution is -2.39. The number of aromatic nitrogens is 1. The van der Waals surface area contributed by atoms with Crippen molar-refractivity contribution in [3.8, 4) is 0 Å². The van der Waals surface area contributed by atoms with Gasteiger partial charge in [0, 0.05) is 35.7 Å². The Morgan fingerprint density at radius 3 is 2.58 bits per heavy atom. The van der Waals surface area contributed by atoms with Crippen molar-refractivity contribution in [1.82, 2.24) is 9.47 Å². The quantitative estimate of drug-likeness (QED) is 0.655. The predicted octanol–water partition coefficient (Wildman–Crippen LogP) is 3.80. The van der Waals surface area contributed by atoms with Gasteiger partial charge in [-0.1, -0.05) is 41.9 Å². The molecule has 0 aliphatic carbocycles. The molecule has 3 aromatic rings. The van der Waals surface area contributed by atoms with Crippen molar-refractivity contribution in [2.75, 3.05) is 13.1 Å². The Bertz CT molecular complexity index is 985. The predicted molar refractivity (Wildman–Crippen MR) is 101 cm³/mol. The van der Waals surface area contributed by atoms with Gasteiger partial charge in [0.05, 0.1) is 12.2 Å². The average Bonchev–Trinajstić information content (AvgIpc) is 2.97. The fourth-order valence-electron chi connectivity index (χ4n) is 3.55. The summed E-state index contributed by atoms with van der Waals surface area (Å²) in [6.45, 7) is 2.01. The van der Waals surface area contributed by atoms with Crippen molar-refractivity contribution in [3.05, 3.63) is 69.7 Å². The van der Waals surface area contributed by atoms with Crippen LogP contribution in [0, 0.1) is 5.92 Å². The third-order valence-corrected chi connectivity index (χ3v) is 5.22. The van der Waals surface area contributed by atoms with Crippen LogP contribution >= 0.6 is 11.6 Å². The molecule has 1 aromatic heterocycles. The Kier molecular flexibility index (Phi) is 4.66. The molecule has 0 unspecified atom stereocenters. The molecule has 1 fully saturated rings. The summed E-state index contributed by atoms with van der Waals surface area (Å²) in [5.74, 6) is -0.124. The number of nitrogens with zero attached hydrogens (tertiary/aromatic N) is 2. The van der Waals surface area contributed by atoms with Gasteiger partial charge in [-0.15, -0.1) is 0 Å². The van der Waals surface area contributed by atoms with E-state index in [-0.39, 0.29) is 17.5 Å². The van der Waals surface area contributed by atoms with E-state index in [0.29, 0.717) is 17.3 Å². The van der Waals surface area contributed by atoms with E-state index >= 15 is 0 Å². The highest BCUT2D eigenvalue weighted by molar-refractivity contribution is 6.31. The largest absolute Gasteiger partial charge is 0.421 e. The minimum atomic E-state index is -0.384. The summed E-state index contributed by atoms with van der Waals surface area (Å²) in [6.07, 6.45) is 1.59. The molecule has 0 N–H and O–H groups in total. The Morgan fingerprint density at radius 2 is 1.85 bits per heavy atom. The number of fused-ring (bicyclic) bond motifs is 1. The van der Waals surface area contributed by atoms with E-state index in [2.05, 4.69) is 4.90 Å². The molecule has 0 spiro atoms. The average molecular weight is 371 g/mol. The second kappa shape index (κ2) is 7.09. The second-order valence-corrected chi connectivity index (χ2v) is 7.11. The minimum Gasteiger partial charge on any atom is -0.408 e. The number of halogens is 1. The fraction of sp³-hybridized carbons (Fsp3) is 0.300. The van der Waals surface area contributed by atoms with Gasteiger partial charge in [-0.05, 0) is 25.0 Å². The summed E-state index contributed by atoms with van der Waals surface area (Å²) in [6, 6.07) is 14.7. The number of rotatable bonds is 4. The number of ketones is 1. The second-order valence-electron chi connectivity index (χ2n) is 6.67. The number of oxazole rings is 1. The number of Topliss-reactive ketones (excluding diaryl/α,β-unsaturated/α-hetero) is 1. The number of carbonyl (C=O) groups excluding carboxylic acids is 1. The molecule has 0 saturated carbocycles. The summed E-state index contributed by atoms with van der Waals surface area (Å²) in [5, 5.41) is 0.540. The molecule has 26 heavy (non-hydrogen) atoms. The van der Waals surface area contributed by atoms with Crippen LogP contribution < -0.4 is 5.76 Å². The molecule has 2 aromatic carbocycles. The summed E-state index contributed by atoms with van der Waals surface area (Å²) < 4.78 is 6.90. The molecule has 0 bridgehead atoms. The van der Waals surface area contributed by atoms with E-state index in [0.717, 1.165) is 37.0 Å². The molecule has 0 radical (unpaired) electrons. The Hall–Kier alpha value is -2.37. The maximum Gasteiger partial charge on any atom is 0.421 e. The molecular formula is C20H19ClN2O3. The molecular weight excluding hydrogens is 352 g/mol. The first-order valence-corrected chi connectivity index (χ1v) is 9.10. The molecule has 4 rings (SSSR count). The van der Waals surface area contributed by atoms with Crippen LogP contribution in [-0.2, 0) is 6.67 Å². The van der Waals surface area contributed by atoms with Gasteiger partial charge in [0.2, 0.25) is 0 Å². The number of hydrogen-bond donors (Lipinski definition) is 0. The first-order valence-electron chi connectivity index (χ1n) is 8.72. The maximum absolute atomic E-state index is 12.6. The zero-order valence-corrected chi connectivity index (χ0v) is 15.0. The monoisotopic (exact) mass is 370 g/mol. The highest BCUT2D eigenvalue weighted by atomic mass is 35.5. The van der Waals surface area contributed by atoms with Gasteiger partial charge in [-0.2, -0.15) is 0 Å². The summed E-state index contributed by atoms with van der Waals surface area (Å²) in [7, 11) is 0. The summed E-state index contributed by atoms with van der Waals surface area (Å²) in [4.78, 5) is 26.9. The van der Waals surface area contributed by atoms with Crippen molar-refractivity contribution < 1.29 is 9.21 Å². The number of carbonyl (C=O) groups is 1. The molecule has 1 aliphatic rings. The lowest BCUT2D eigenvalue weighted by Gasteiger charge is -2.31. The van der Waals surface area contributed by atoms with E-state index < -0.39 is 0 Å². The van der Waals surface area contributed by atoms with E-state index in [1.165, 1.54) is 0 Å². The smallest absolute Gasteiger partial charge is 0.408 e. The molecule has 0 amide bonds. The zero-order chi connectivity index (χ0) is 18.1. The number of likely N-dealkylation sites (tertiary alicyclic amines) is 1. The molecule has 5 nitrogen and oxygen atoms in total.